The number of amides is 2. The summed E-state index contributed by atoms with van der Waals surface area (Å²) in [5.74, 6) is -0.0473. The fraction of sp³-hybridized carbons (Fsp3) is 0.429. The number of methoxy groups -OCH3 is 1. The van der Waals surface area contributed by atoms with Gasteiger partial charge in [-0.25, -0.2) is 10.4 Å². The highest BCUT2D eigenvalue weighted by Crippen LogP contribution is 2.41. The van der Waals surface area contributed by atoms with E-state index in [1.54, 1.807) is 7.11 Å². The van der Waals surface area contributed by atoms with Crippen LogP contribution >= 0.6 is 11.6 Å². The average molecular weight is 447 g/mol. The molecule has 3 aliphatic heterocycles. The minimum absolute atomic E-state index is 0.0358. The number of nitrogens with one attached hydrogen (secondary N) is 3. The number of ether oxygens (including phenoxy) is 1. The van der Waals surface area contributed by atoms with Gasteiger partial charge >= 0.3 is 0 Å². The van der Waals surface area contributed by atoms with Crippen molar-refractivity contribution in [3.8, 4) is 5.75 Å². The molecule has 0 aliphatic carbocycles. The number of hydrazine groups is 2. The van der Waals surface area contributed by atoms with Gasteiger partial charge in [0.25, 0.3) is 11.8 Å². The van der Waals surface area contributed by atoms with E-state index in [0.717, 1.165) is 30.5 Å². The van der Waals surface area contributed by atoms with Crippen LogP contribution in [0.3, 0.4) is 0 Å². The van der Waals surface area contributed by atoms with E-state index in [-0.39, 0.29) is 23.8 Å². The van der Waals surface area contributed by atoms with E-state index in [1.807, 2.05) is 29.4 Å². The van der Waals surface area contributed by atoms with Crippen molar-refractivity contribution in [3.05, 3.63) is 47.6 Å². The Morgan fingerprint density at radius 3 is 2.97 bits per heavy atom. The normalized spacial score (nSPS) is 28.4. The summed E-state index contributed by atoms with van der Waals surface area (Å²) in [6.45, 7) is 4.84. The lowest BCUT2D eigenvalue weighted by Gasteiger charge is -2.43. The maximum atomic E-state index is 12.9. The zero-order chi connectivity index (χ0) is 22.1. The van der Waals surface area contributed by atoms with Gasteiger partial charge in [0.05, 0.1) is 18.3 Å². The first-order valence-corrected chi connectivity index (χ1v) is 10.6. The molecule has 3 unspecified atom stereocenters. The maximum absolute atomic E-state index is 12.9. The minimum Gasteiger partial charge on any atom is -0.495 e. The van der Waals surface area contributed by atoms with Crippen LogP contribution in [0.15, 0.2) is 37.1 Å². The van der Waals surface area contributed by atoms with Crippen LogP contribution in [-0.4, -0.2) is 60.2 Å². The van der Waals surface area contributed by atoms with E-state index in [9.17, 15) is 9.59 Å². The zero-order valence-corrected chi connectivity index (χ0v) is 18.1. The second-order valence-electron chi connectivity index (χ2n) is 7.93. The van der Waals surface area contributed by atoms with Crippen LogP contribution in [0.25, 0.3) is 5.57 Å². The summed E-state index contributed by atoms with van der Waals surface area (Å²) in [7, 11) is 1.57. The number of piperidine rings is 1. The van der Waals surface area contributed by atoms with Gasteiger partial charge in [0.15, 0.2) is 0 Å². The Balaban J connectivity index is 1.66. The molecule has 0 bridgehead atoms. The molecule has 1 aromatic carbocycles. The molecule has 5 N–H and O–H groups in total. The molecule has 3 heterocycles. The molecule has 0 spiro atoms. The molecule has 0 saturated carbocycles. The highest BCUT2D eigenvalue weighted by atomic mass is 35.5. The minimum atomic E-state index is -0.458. The maximum Gasteiger partial charge on any atom is 0.257 e. The summed E-state index contributed by atoms with van der Waals surface area (Å²) in [4.78, 5) is 26.7. The number of halogens is 1. The molecule has 10 heteroatoms. The molecule has 2 amide bonds. The van der Waals surface area contributed by atoms with Gasteiger partial charge in [-0.3, -0.25) is 20.4 Å². The van der Waals surface area contributed by atoms with Crippen molar-refractivity contribution in [2.75, 3.05) is 20.2 Å². The molecule has 2 fully saturated rings. The third-order valence-electron chi connectivity index (χ3n) is 6.08. The Kier molecular flexibility index (Phi) is 6.19. The van der Waals surface area contributed by atoms with Gasteiger partial charge in [0.1, 0.15) is 11.8 Å². The topological polar surface area (TPSA) is 112 Å². The third kappa shape index (κ3) is 4.14. The number of carbonyl (C=O) groups excluding carboxylic acids is 2. The molecule has 1 aromatic rings. The van der Waals surface area contributed by atoms with Gasteiger partial charge in [-0.05, 0) is 42.2 Å². The van der Waals surface area contributed by atoms with Crippen molar-refractivity contribution >= 4 is 29.0 Å². The Labute approximate surface area is 186 Å². The molecule has 4 atom stereocenters. The first-order valence-electron chi connectivity index (χ1n) is 10.2. The molecule has 31 heavy (non-hydrogen) atoms. The summed E-state index contributed by atoms with van der Waals surface area (Å²) in [6, 6.07) is 5.16. The molecule has 0 radical (unpaired) electrons. The van der Waals surface area contributed by atoms with Crippen LogP contribution in [0.4, 0.5) is 0 Å². The number of rotatable bonds is 5. The van der Waals surface area contributed by atoms with Crippen molar-refractivity contribution in [1.82, 2.24) is 26.2 Å². The van der Waals surface area contributed by atoms with E-state index in [4.69, 9.17) is 22.1 Å². The van der Waals surface area contributed by atoms with Crippen molar-refractivity contribution in [3.63, 3.8) is 0 Å². The molecule has 166 valence electrons. The Morgan fingerprint density at radius 2 is 2.26 bits per heavy atom. The highest BCUT2D eigenvalue weighted by molar-refractivity contribution is 6.32. The molecular weight excluding hydrogens is 420 g/mol. The number of benzene rings is 1. The predicted molar refractivity (Wildman–Crippen MR) is 117 cm³/mol. The second-order valence-corrected chi connectivity index (χ2v) is 8.34. The van der Waals surface area contributed by atoms with Crippen LogP contribution in [-0.2, 0) is 9.59 Å². The van der Waals surface area contributed by atoms with Crippen molar-refractivity contribution in [2.45, 2.75) is 31.1 Å². The van der Waals surface area contributed by atoms with Gasteiger partial charge in [-0.1, -0.05) is 24.2 Å². The summed E-state index contributed by atoms with van der Waals surface area (Å²) in [5, 5.41) is 2.37. The molecule has 4 rings (SSSR count). The lowest BCUT2D eigenvalue weighted by molar-refractivity contribution is -0.132. The van der Waals surface area contributed by atoms with E-state index in [0.29, 0.717) is 17.3 Å². The van der Waals surface area contributed by atoms with Gasteiger partial charge in [-0.15, -0.1) is 0 Å². The molecule has 2 saturated heterocycles. The monoisotopic (exact) mass is 446 g/mol. The number of fused-ring (bicyclic) bond motifs is 1. The van der Waals surface area contributed by atoms with Gasteiger partial charge in [0, 0.05) is 31.2 Å². The summed E-state index contributed by atoms with van der Waals surface area (Å²) >= 11 is 6.37. The van der Waals surface area contributed by atoms with E-state index >= 15 is 0 Å². The third-order valence-corrected chi connectivity index (χ3v) is 6.38. The van der Waals surface area contributed by atoms with Gasteiger partial charge < -0.3 is 15.4 Å². The number of nitrogens with two attached hydrogens (primary N) is 1. The number of nitrogens with zero attached hydrogens (tertiary/aromatic N) is 2. The lowest BCUT2D eigenvalue weighted by Crippen LogP contribution is -2.67. The zero-order valence-electron chi connectivity index (χ0n) is 17.3. The Morgan fingerprint density at radius 1 is 1.45 bits per heavy atom. The number of hydrogen-bond donors (Lipinski definition) is 4. The first kappa shape index (κ1) is 21.6. The summed E-state index contributed by atoms with van der Waals surface area (Å²) in [5.41, 5.74) is 16.6. The van der Waals surface area contributed by atoms with E-state index in [1.165, 1.54) is 6.08 Å². The molecule has 9 nitrogen and oxygen atoms in total. The van der Waals surface area contributed by atoms with Crippen molar-refractivity contribution < 1.29 is 14.3 Å². The van der Waals surface area contributed by atoms with Crippen LogP contribution < -0.4 is 26.7 Å². The number of carbonyl (C=O) groups is 2. The quantitative estimate of drug-likeness (QED) is 0.490. The fourth-order valence-electron chi connectivity index (χ4n) is 4.64. The summed E-state index contributed by atoms with van der Waals surface area (Å²) in [6.07, 6.45) is 4.59. The van der Waals surface area contributed by atoms with Crippen LogP contribution in [0, 0.1) is 5.92 Å². The SMILES string of the molecule is C=CC(=O)NN1CCC[C@@H](N2C=C(c3ccc(OC)c(Cl)c3)C3C(N)NNC(=O)C32)C1. The summed E-state index contributed by atoms with van der Waals surface area (Å²) < 4.78 is 5.27. The molecule has 0 aromatic heterocycles. The lowest BCUT2D eigenvalue weighted by atomic mass is 9.86. The van der Waals surface area contributed by atoms with Crippen LogP contribution in [0.5, 0.6) is 5.75 Å². The Bertz CT molecular complexity index is 922. The highest BCUT2D eigenvalue weighted by Gasteiger charge is 2.49. The van der Waals surface area contributed by atoms with E-state index < -0.39 is 12.2 Å². The van der Waals surface area contributed by atoms with Crippen molar-refractivity contribution in [2.24, 2.45) is 11.7 Å². The number of hydrogen-bond acceptors (Lipinski definition) is 7. The van der Waals surface area contributed by atoms with Crippen LogP contribution in [0.1, 0.15) is 18.4 Å². The largest absolute Gasteiger partial charge is 0.495 e. The van der Waals surface area contributed by atoms with Gasteiger partial charge in [0.2, 0.25) is 0 Å². The molecular formula is C21H27ClN6O3. The second kappa shape index (κ2) is 8.88. The fourth-order valence-corrected chi connectivity index (χ4v) is 4.89. The van der Waals surface area contributed by atoms with Gasteiger partial charge in [-0.2, -0.15) is 0 Å². The Hall–Kier alpha value is -2.59. The van der Waals surface area contributed by atoms with E-state index in [2.05, 4.69) is 27.8 Å². The molecule has 3 aliphatic rings. The average Bonchev–Trinajstić information content (AvgIpc) is 3.18. The predicted octanol–water partition coefficient (Wildman–Crippen LogP) is 0.591. The smallest absolute Gasteiger partial charge is 0.257 e. The first-order chi connectivity index (χ1) is 14.9. The van der Waals surface area contributed by atoms with Crippen LogP contribution in [0.2, 0.25) is 5.02 Å². The van der Waals surface area contributed by atoms with Crippen molar-refractivity contribution in [1.29, 1.82) is 0 Å². The standard InChI is InChI=1S/C21H27ClN6O3/c1-3-17(29)26-27-8-4-5-13(10-27)28-11-14(12-6-7-16(31-2)15(22)9-12)18-19(28)21(30)25-24-20(18)23/h3,6-7,9,11,13,18-20,24H,1,4-5,8,10,23H2,2H3,(H,25,30)(H,26,29)/t13-,18?,19?,20?/m1/s1.